The molecule has 2 unspecified atom stereocenters. The van der Waals surface area contributed by atoms with Gasteiger partial charge in [-0.3, -0.25) is 0 Å². The number of nitrogens with one attached hydrogen (secondary N) is 2. The fourth-order valence-corrected chi connectivity index (χ4v) is 2.09. The number of amides is 2. The first-order chi connectivity index (χ1) is 7.67. The van der Waals surface area contributed by atoms with Crippen molar-refractivity contribution in [3.8, 4) is 0 Å². The van der Waals surface area contributed by atoms with E-state index in [-0.39, 0.29) is 6.03 Å². The highest BCUT2D eigenvalue weighted by Crippen LogP contribution is 2.12. The number of nitrogens with zero attached hydrogens (tertiary/aromatic N) is 1. The van der Waals surface area contributed by atoms with Crippen LogP contribution in [0, 0.1) is 5.92 Å². The summed E-state index contributed by atoms with van der Waals surface area (Å²) in [5.41, 5.74) is 0. The van der Waals surface area contributed by atoms with Crippen molar-refractivity contribution >= 4 is 6.03 Å². The van der Waals surface area contributed by atoms with Crippen LogP contribution in [0.5, 0.6) is 0 Å². The topological polar surface area (TPSA) is 44.4 Å². The molecule has 0 aromatic rings. The molecule has 4 nitrogen and oxygen atoms in total. The predicted molar refractivity (Wildman–Crippen MR) is 66.5 cm³/mol. The molecule has 0 radical (unpaired) electrons. The Hall–Kier alpha value is -0.770. The van der Waals surface area contributed by atoms with Gasteiger partial charge in [0.1, 0.15) is 0 Å². The van der Waals surface area contributed by atoms with Crippen LogP contribution in [0.25, 0.3) is 0 Å². The summed E-state index contributed by atoms with van der Waals surface area (Å²) in [6, 6.07) is 0.707. The Morgan fingerprint density at radius 3 is 2.56 bits per heavy atom. The summed E-state index contributed by atoms with van der Waals surface area (Å²) < 4.78 is 0. The number of hydrogen-bond acceptors (Lipinski definition) is 2. The van der Waals surface area contributed by atoms with Crippen LogP contribution in [0.1, 0.15) is 33.6 Å². The summed E-state index contributed by atoms with van der Waals surface area (Å²) >= 11 is 0. The van der Waals surface area contributed by atoms with E-state index in [2.05, 4.69) is 17.6 Å². The van der Waals surface area contributed by atoms with Gasteiger partial charge in [-0.2, -0.15) is 0 Å². The molecule has 0 saturated carbocycles. The molecule has 1 aliphatic heterocycles. The van der Waals surface area contributed by atoms with E-state index in [0.717, 1.165) is 26.2 Å². The molecule has 1 fully saturated rings. The minimum atomic E-state index is 0.0728. The van der Waals surface area contributed by atoms with Gasteiger partial charge < -0.3 is 15.5 Å². The van der Waals surface area contributed by atoms with Crippen LogP contribution in [0.15, 0.2) is 0 Å². The zero-order valence-corrected chi connectivity index (χ0v) is 10.8. The Morgan fingerprint density at radius 2 is 2.06 bits per heavy atom. The normalized spacial score (nSPS) is 25.2. The Kier molecular flexibility index (Phi) is 5.60. The average Bonchev–Trinajstić information content (AvgIpc) is 2.30. The lowest BCUT2D eigenvalue weighted by atomic mass is 9.95. The molecular weight excluding hydrogens is 202 g/mol. The number of hydrogen-bond donors (Lipinski definition) is 2. The first-order valence-electron chi connectivity index (χ1n) is 6.43. The van der Waals surface area contributed by atoms with Gasteiger partial charge in [-0.1, -0.05) is 0 Å². The molecule has 0 aromatic carbocycles. The molecule has 0 spiro atoms. The fourth-order valence-electron chi connectivity index (χ4n) is 2.09. The predicted octanol–water partition coefficient (Wildman–Crippen LogP) is 1.43. The van der Waals surface area contributed by atoms with Gasteiger partial charge in [-0.05, 0) is 46.1 Å². The Labute approximate surface area is 98.8 Å². The second kappa shape index (κ2) is 6.74. The van der Waals surface area contributed by atoms with Gasteiger partial charge >= 0.3 is 6.03 Å². The maximum Gasteiger partial charge on any atom is 0.317 e. The summed E-state index contributed by atoms with van der Waals surface area (Å²) in [5, 5.41) is 6.46. The summed E-state index contributed by atoms with van der Waals surface area (Å²) in [6.07, 6.45) is 2.43. The third-order valence-electron chi connectivity index (χ3n) is 3.36. The Morgan fingerprint density at radius 1 is 1.38 bits per heavy atom. The minimum absolute atomic E-state index is 0.0728. The molecular formula is C12H25N3O. The zero-order chi connectivity index (χ0) is 12.0. The van der Waals surface area contributed by atoms with E-state index < -0.39 is 0 Å². The van der Waals surface area contributed by atoms with E-state index in [1.165, 1.54) is 12.8 Å². The van der Waals surface area contributed by atoms with E-state index in [0.29, 0.717) is 12.0 Å². The molecule has 2 amide bonds. The molecule has 1 heterocycles. The maximum absolute atomic E-state index is 11.7. The van der Waals surface area contributed by atoms with Crippen molar-refractivity contribution in [1.82, 2.24) is 15.5 Å². The van der Waals surface area contributed by atoms with Gasteiger partial charge in [-0.15, -0.1) is 0 Å². The van der Waals surface area contributed by atoms with Crippen molar-refractivity contribution in [3.63, 3.8) is 0 Å². The van der Waals surface area contributed by atoms with Gasteiger partial charge in [0.05, 0.1) is 0 Å². The fraction of sp³-hybridized carbons (Fsp3) is 0.917. The molecule has 4 heteroatoms. The Bertz CT molecular complexity index is 208. The monoisotopic (exact) mass is 227 g/mol. The SMILES string of the molecule is CCN(CC)C(=O)NCC1CCC(C)NC1. The van der Waals surface area contributed by atoms with Crippen LogP contribution in [0.2, 0.25) is 0 Å². The summed E-state index contributed by atoms with van der Waals surface area (Å²) in [4.78, 5) is 13.5. The molecule has 94 valence electrons. The van der Waals surface area contributed by atoms with Crippen molar-refractivity contribution < 1.29 is 4.79 Å². The first-order valence-corrected chi connectivity index (χ1v) is 6.43. The molecule has 0 aromatic heterocycles. The van der Waals surface area contributed by atoms with E-state index in [9.17, 15) is 4.79 Å². The van der Waals surface area contributed by atoms with Crippen LogP contribution in [0.3, 0.4) is 0 Å². The van der Waals surface area contributed by atoms with Crippen molar-refractivity contribution in [3.05, 3.63) is 0 Å². The second-order valence-corrected chi connectivity index (χ2v) is 4.61. The lowest BCUT2D eigenvalue weighted by Crippen LogP contribution is -2.45. The standard InChI is InChI=1S/C12H25N3O/c1-4-15(5-2)12(16)14-9-11-7-6-10(3)13-8-11/h10-11,13H,4-9H2,1-3H3,(H,14,16). The average molecular weight is 227 g/mol. The highest BCUT2D eigenvalue weighted by molar-refractivity contribution is 5.74. The first kappa shape index (κ1) is 13.3. The van der Waals surface area contributed by atoms with E-state index in [1.54, 1.807) is 0 Å². The summed E-state index contributed by atoms with van der Waals surface area (Å²) in [7, 11) is 0. The number of piperidine rings is 1. The molecule has 2 N–H and O–H groups in total. The van der Waals surface area contributed by atoms with E-state index in [4.69, 9.17) is 0 Å². The van der Waals surface area contributed by atoms with Crippen LogP contribution in [-0.4, -0.2) is 43.2 Å². The largest absolute Gasteiger partial charge is 0.338 e. The van der Waals surface area contributed by atoms with Gasteiger partial charge in [0.25, 0.3) is 0 Å². The molecule has 1 saturated heterocycles. The maximum atomic E-state index is 11.7. The molecule has 0 aliphatic carbocycles. The minimum Gasteiger partial charge on any atom is -0.338 e. The summed E-state index contributed by atoms with van der Waals surface area (Å²) in [6.45, 7) is 9.61. The number of urea groups is 1. The van der Waals surface area contributed by atoms with Gasteiger partial charge in [0, 0.05) is 25.7 Å². The summed E-state index contributed by atoms with van der Waals surface area (Å²) in [5.74, 6) is 0.593. The van der Waals surface area contributed by atoms with Gasteiger partial charge in [-0.25, -0.2) is 4.79 Å². The van der Waals surface area contributed by atoms with Gasteiger partial charge in [0.2, 0.25) is 0 Å². The number of carbonyl (C=O) groups is 1. The molecule has 16 heavy (non-hydrogen) atoms. The van der Waals surface area contributed by atoms with Crippen molar-refractivity contribution in [2.45, 2.75) is 39.7 Å². The highest BCUT2D eigenvalue weighted by Gasteiger charge is 2.18. The number of carbonyl (C=O) groups excluding carboxylic acids is 1. The highest BCUT2D eigenvalue weighted by atomic mass is 16.2. The molecule has 1 rings (SSSR count). The number of rotatable bonds is 4. The lowest BCUT2D eigenvalue weighted by molar-refractivity contribution is 0.199. The van der Waals surface area contributed by atoms with Crippen molar-refractivity contribution in [1.29, 1.82) is 0 Å². The molecule has 1 aliphatic rings. The third kappa shape index (κ3) is 4.00. The van der Waals surface area contributed by atoms with Crippen molar-refractivity contribution in [2.75, 3.05) is 26.2 Å². The van der Waals surface area contributed by atoms with E-state index in [1.807, 2.05) is 18.7 Å². The van der Waals surface area contributed by atoms with Crippen LogP contribution < -0.4 is 10.6 Å². The quantitative estimate of drug-likeness (QED) is 0.763. The second-order valence-electron chi connectivity index (χ2n) is 4.61. The van der Waals surface area contributed by atoms with E-state index >= 15 is 0 Å². The zero-order valence-electron chi connectivity index (χ0n) is 10.8. The molecule has 2 atom stereocenters. The van der Waals surface area contributed by atoms with Crippen molar-refractivity contribution in [2.24, 2.45) is 5.92 Å². The van der Waals surface area contributed by atoms with Crippen LogP contribution in [0.4, 0.5) is 4.79 Å². The van der Waals surface area contributed by atoms with Crippen LogP contribution in [-0.2, 0) is 0 Å². The third-order valence-corrected chi connectivity index (χ3v) is 3.36. The smallest absolute Gasteiger partial charge is 0.317 e. The van der Waals surface area contributed by atoms with Gasteiger partial charge in [0.15, 0.2) is 0 Å². The Balaban J connectivity index is 2.21. The molecule has 0 bridgehead atoms. The lowest BCUT2D eigenvalue weighted by Gasteiger charge is -2.28. The van der Waals surface area contributed by atoms with Crippen LogP contribution >= 0.6 is 0 Å².